The van der Waals surface area contributed by atoms with Crippen molar-refractivity contribution in [1.29, 1.82) is 0 Å². The number of amides is 1. The Bertz CT molecular complexity index is 1270. The second-order valence-corrected chi connectivity index (χ2v) is 12.4. The van der Waals surface area contributed by atoms with Crippen LogP contribution in [0, 0.1) is 0 Å². The monoisotopic (exact) mass is 518 g/mol. The molecule has 5 rings (SSSR count). The van der Waals surface area contributed by atoms with Crippen molar-refractivity contribution in [2.24, 2.45) is 7.05 Å². The van der Waals surface area contributed by atoms with Crippen LogP contribution in [0.5, 0.6) is 0 Å². The third-order valence-corrected chi connectivity index (χ3v) is 10.1. The maximum atomic E-state index is 12.7. The molecule has 1 aliphatic carbocycles. The number of nitrogens with one attached hydrogen (secondary N) is 1. The number of nitrogens with zero attached hydrogens (tertiary/aromatic N) is 5. The molecule has 0 spiro atoms. The van der Waals surface area contributed by atoms with Crippen molar-refractivity contribution in [1.82, 2.24) is 24.1 Å². The van der Waals surface area contributed by atoms with Crippen LogP contribution in [0.3, 0.4) is 0 Å². The number of aromatic nitrogens is 4. The number of hydrogen-bond acceptors (Lipinski definition) is 8. The lowest BCUT2D eigenvalue weighted by atomic mass is 10.0. The van der Waals surface area contributed by atoms with Gasteiger partial charge in [0.05, 0.1) is 16.3 Å². The molecule has 1 aliphatic heterocycles. The summed E-state index contributed by atoms with van der Waals surface area (Å²) in [5.74, 6) is 0.682. The maximum absolute atomic E-state index is 12.7. The molecule has 12 heteroatoms. The van der Waals surface area contributed by atoms with Crippen LogP contribution in [0.1, 0.15) is 36.3 Å². The Morgan fingerprint density at radius 2 is 1.82 bits per heavy atom. The summed E-state index contributed by atoms with van der Waals surface area (Å²) >= 11 is 2.87. The standard InChI is InChI=1S/C22H26N6O3S3/c1-27-20(15-8-10-16(11-9-15)34(30,31)28-12-4-5-13-28)25-26-22(27)32-14-19(29)24-21-23-17-6-2-3-7-18(17)33-21/h8-11H,2-7,12-14H2,1H3,(H,23,24,29). The summed E-state index contributed by atoms with van der Waals surface area (Å²) in [5, 5.41) is 12.6. The molecule has 0 saturated carbocycles. The third-order valence-electron chi connectivity index (χ3n) is 6.07. The number of aryl methyl sites for hydroxylation is 2. The zero-order valence-corrected chi connectivity index (χ0v) is 21.3. The fourth-order valence-electron chi connectivity index (χ4n) is 4.24. The predicted octanol–water partition coefficient (Wildman–Crippen LogP) is 3.33. The number of thioether (sulfide) groups is 1. The Labute approximate surface area is 207 Å². The van der Waals surface area contributed by atoms with E-state index in [0.29, 0.717) is 29.2 Å². The van der Waals surface area contributed by atoms with E-state index in [-0.39, 0.29) is 16.6 Å². The number of hydrogen-bond donors (Lipinski definition) is 1. The number of sulfonamides is 1. The maximum Gasteiger partial charge on any atom is 0.243 e. The first kappa shape index (κ1) is 23.5. The van der Waals surface area contributed by atoms with E-state index in [1.165, 1.54) is 27.4 Å². The van der Waals surface area contributed by atoms with Crippen molar-refractivity contribution < 1.29 is 13.2 Å². The van der Waals surface area contributed by atoms with E-state index in [1.54, 1.807) is 35.6 Å². The van der Waals surface area contributed by atoms with Crippen molar-refractivity contribution in [3.05, 3.63) is 34.8 Å². The molecule has 0 atom stereocenters. The van der Waals surface area contributed by atoms with Gasteiger partial charge < -0.3 is 9.88 Å². The summed E-state index contributed by atoms with van der Waals surface area (Å²) in [6, 6.07) is 6.73. The molecular weight excluding hydrogens is 492 g/mol. The first-order valence-electron chi connectivity index (χ1n) is 11.3. The summed E-state index contributed by atoms with van der Waals surface area (Å²) in [7, 11) is -1.62. The molecule has 180 valence electrons. The highest BCUT2D eigenvalue weighted by Gasteiger charge is 2.27. The molecule has 2 aromatic heterocycles. The van der Waals surface area contributed by atoms with Crippen molar-refractivity contribution >= 4 is 44.2 Å². The molecule has 1 aromatic carbocycles. The van der Waals surface area contributed by atoms with E-state index in [9.17, 15) is 13.2 Å². The summed E-state index contributed by atoms with van der Waals surface area (Å²) < 4.78 is 28.8. The number of fused-ring (bicyclic) bond motifs is 1. The van der Waals surface area contributed by atoms with Gasteiger partial charge in [0.1, 0.15) is 0 Å². The molecule has 1 amide bonds. The average Bonchev–Trinajstić information content (AvgIpc) is 3.58. The molecule has 3 aromatic rings. The smallest absolute Gasteiger partial charge is 0.243 e. The third kappa shape index (κ3) is 4.77. The molecule has 0 bridgehead atoms. The van der Waals surface area contributed by atoms with Gasteiger partial charge >= 0.3 is 0 Å². The minimum atomic E-state index is -3.45. The quantitative estimate of drug-likeness (QED) is 0.478. The minimum Gasteiger partial charge on any atom is -0.305 e. The number of carbonyl (C=O) groups is 1. The van der Waals surface area contributed by atoms with Gasteiger partial charge in [0, 0.05) is 30.6 Å². The molecule has 34 heavy (non-hydrogen) atoms. The Hall–Kier alpha value is -2.28. The molecule has 9 nitrogen and oxygen atoms in total. The molecule has 1 N–H and O–H groups in total. The van der Waals surface area contributed by atoms with Gasteiger partial charge in [-0.15, -0.1) is 21.5 Å². The van der Waals surface area contributed by atoms with Gasteiger partial charge in [0.25, 0.3) is 0 Å². The summed E-state index contributed by atoms with van der Waals surface area (Å²) in [5.41, 5.74) is 1.89. The van der Waals surface area contributed by atoms with E-state index < -0.39 is 10.0 Å². The SMILES string of the molecule is Cn1c(SCC(=O)Nc2nc3c(s2)CCCC3)nnc1-c1ccc(S(=O)(=O)N2CCCC2)cc1. The molecular formula is C22H26N6O3S3. The van der Waals surface area contributed by atoms with Crippen LogP contribution in [0.15, 0.2) is 34.3 Å². The lowest BCUT2D eigenvalue weighted by Crippen LogP contribution is -2.27. The average molecular weight is 519 g/mol. The Balaban J connectivity index is 1.22. The van der Waals surface area contributed by atoms with Crippen LogP contribution < -0.4 is 5.32 Å². The Morgan fingerprint density at radius 1 is 1.09 bits per heavy atom. The molecule has 3 heterocycles. The molecule has 0 unspecified atom stereocenters. The zero-order chi connectivity index (χ0) is 23.7. The van der Waals surface area contributed by atoms with E-state index in [2.05, 4.69) is 20.5 Å². The topological polar surface area (TPSA) is 110 Å². The number of thiazole rings is 1. The molecule has 1 fully saturated rings. The van der Waals surface area contributed by atoms with Gasteiger partial charge in [-0.2, -0.15) is 4.31 Å². The second kappa shape index (κ2) is 9.76. The predicted molar refractivity (Wildman–Crippen MR) is 133 cm³/mol. The first-order chi connectivity index (χ1) is 16.4. The van der Waals surface area contributed by atoms with Crippen LogP contribution in [0.4, 0.5) is 5.13 Å². The summed E-state index contributed by atoms with van der Waals surface area (Å²) in [6.07, 6.45) is 6.18. The van der Waals surface area contributed by atoms with E-state index in [4.69, 9.17) is 0 Å². The van der Waals surface area contributed by atoms with Gasteiger partial charge in [0.15, 0.2) is 16.1 Å². The van der Waals surface area contributed by atoms with Crippen LogP contribution in [-0.2, 0) is 34.7 Å². The zero-order valence-electron chi connectivity index (χ0n) is 18.9. The first-order valence-corrected chi connectivity index (χ1v) is 14.6. The van der Waals surface area contributed by atoms with Gasteiger partial charge in [-0.25, -0.2) is 13.4 Å². The molecule has 2 aliphatic rings. The molecule has 1 saturated heterocycles. The van der Waals surface area contributed by atoms with Gasteiger partial charge in [-0.1, -0.05) is 11.8 Å². The summed E-state index contributed by atoms with van der Waals surface area (Å²) in [4.78, 5) is 18.6. The highest BCUT2D eigenvalue weighted by molar-refractivity contribution is 7.99. The van der Waals surface area contributed by atoms with Crippen LogP contribution in [0.25, 0.3) is 11.4 Å². The number of carbonyl (C=O) groups excluding carboxylic acids is 1. The fourth-order valence-corrected chi connectivity index (χ4v) is 7.53. The van der Waals surface area contributed by atoms with Crippen LogP contribution in [0.2, 0.25) is 0 Å². The largest absolute Gasteiger partial charge is 0.305 e. The Kier molecular flexibility index (Phi) is 6.74. The highest BCUT2D eigenvalue weighted by Crippen LogP contribution is 2.30. The van der Waals surface area contributed by atoms with Crippen molar-refractivity contribution in [3.8, 4) is 11.4 Å². The van der Waals surface area contributed by atoms with Crippen molar-refractivity contribution in [3.63, 3.8) is 0 Å². The molecule has 0 radical (unpaired) electrons. The van der Waals surface area contributed by atoms with Crippen LogP contribution in [-0.4, -0.2) is 57.2 Å². The van der Waals surface area contributed by atoms with Gasteiger partial charge in [-0.05, 0) is 62.8 Å². The second-order valence-electron chi connectivity index (χ2n) is 8.43. The van der Waals surface area contributed by atoms with Gasteiger partial charge in [-0.3, -0.25) is 4.79 Å². The normalized spacial score (nSPS) is 16.5. The summed E-state index contributed by atoms with van der Waals surface area (Å²) in [6.45, 7) is 1.15. The van der Waals surface area contributed by atoms with E-state index in [0.717, 1.165) is 43.4 Å². The highest BCUT2D eigenvalue weighted by atomic mass is 32.2. The van der Waals surface area contributed by atoms with E-state index >= 15 is 0 Å². The number of anilines is 1. The van der Waals surface area contributed by atoms with Crippen molar-refractivity contribution in [2.75, 3.05) is 24.2 Å². The number of rotatable bonds is 7. The van der Waals surface area contributed by atoms with Crippen LogP contribution >= 0.6 is 23.1 Å². The lowest BCUT2D eigenvalue weighted by molar-refractivity contribution is -0.113. The van der Waals surface area contributed by atoms with Gasteiger partial charge in [0.2, 0.25) is 15.9 Å². The van der Waals surface area contributed by atoms with E-state index in [1.807, 2.05) is 11.6 Å². The lowest BCUT2D eigenvalue weighted by Gasteiger charge is -2.15. The number of benzene rings is 1. The Morgan fingerprint density at radius 3 is 2.56 bits per heavy atom. The fraction of sp³-hybridized carbons (Fsp3) is 0.455. The van der Waals surface area contributed by atoms with Crippen molar-refractivity contribution in [2.45, 2.75) is 48.6 Å². The minimum absolute atomic E-state index is 0.128.